The molecule has 3 aromatic carbocycles. The van der Waals surface area contributed by atoms with E-state index < -0.39 is 34.3 Å². The Balaban J connectivity index is 2.05. The number of nitrogens with zero attached hydrogens (tertiary/aromatic N) is 2. The van der Waals surface area contributed by atoms with E-state index in [4.69, 9.17) is 0 Å². The molecule has 0 aliphatic heterocycles. The van der Waals surface area contributed by atoms with Gasteiger partial charge in [-0.1, -0.05) is 67.1 Å². The standard InChI is InChI=1S/C28H32FN3O4S/c1-4-25(28(34)30-5-2)31(19-22-17-15-21(3)16-18-22)27(33)20-32(26-14-10-9-13-24(26)29)37(35,36)23-11-7-6-8-12-23/h6-18,25H,4-5,19-20H2,1-3H3,(H,30,34)/t25-/m0/s1. The highest BCUT2D eigenvalue weighted by Crippen LogP contribution is 2.27. The van der Waals surface area contributed by atoms with E-state index in [2.05, 4.69) is 5.32 Å². The third-order valence-corrected chi connectivity index (χ3v) is 7.72. The maximum absolute atomic E-state index is 14.9. The van der Waals surface area contributed by atoms with Gasteiger partial charge in [0.2, 0.25) is 11.8 Å². The molecule has 0 aliphatic rings. The average molecular weight is 526 g/mol. The molecule has 0 saturated heterocycles. The van der Waals surface area contributed by atoms with E-state index in [0.29, 0.717) is 13.0 Å². The van der Waals surface area contributed by atoms with Gasteiger partial charge in [-0.25, -0.2) is 12.8 Å². The lowest BCUT2D eigenvalue weighted by atomic mass is 10.1. The fraction of sp³-hybridized carbons (Fsp3) is 0.286. The first-order valence-electron chi connectivity index (χ1n) is 12.1. The van der Waals surface area contributed by atoms with Crippen LogP contribution < -0.4 is 9.62 Å². The number of para-hydroxylation sites is 1. The minimum atomic E-state index is -4.30. The van der Waals surface area contributed by atoms with E-state index >= 15 is 0 Å². The number of hydrogen-bond acceptors (Lipinski definition) is 4. The molecule has 0 radical (unpaired) electrons. The van der Waals surface area contributed by atoms with Crippen LogP contribution in [-0.2, 0) is 26.2 Å². The highest BCUT2D eigenvalue weighted by atomic mass is 32.2. The second-order valence-corrected chi connectivity index (χ2v) is 10.5. The summed E-state index contributed by atoms with van der Waals surface area (Å²) in [6.07, 6.45) is 0.314. The number of amides is 2. The van der Waals surface area contributed by atoms with Crippen LogP contribution in [0.3, 0.4) is 0 Å². The lowest BCUT2D eigenvalue weighted by molar-refractivity contribution is -0.140. The molecule has 1 N–H and O–H groups in total. The van der Waals surface area contributed by atoms with Crippen LogP contribution in [0.2, 0.25) is 0 Å². The molecule has 0 aromatic heterocycles. The van der Waals surface area contributed by atoms with Crippen molar-refractivity contribution in [3.05, 3.63) is 95.8 Å². The molecule has 7 nitrogen and oxygen atoms in total. The normalized spacial score (nSPS) is 12.0. The van der Waals surface area contributed by atoms with Crippen LogP contribution in [0.25, 0.3) is 0 Å². The number of likely N-dealkylation sites (N-methyl/N-ethyl adjacent to an activating group) is 1. The van der Waals surface area contributed by atoms with Gasteiger partial charge in [0.05, 0.1) is 10.6 Å². The van der Waals surface area contributed by atoms with Gasteiger partial charge in [-0.3, -0.25) is 13.9 Å². The number of aryl methyl sites for hydroxylation is 1. The zero-order valence-electron chi connectivity index (χ0n) is 21.2. The van der Waals surface area contributed by atoms with Gasteiger partial charge < -0.3 is 10.2 Å². The minimum Gasteiger partial charge on any atom is -0.355 e. The second-order valence-electron chi connectivity index (χ2n) is 8.60. The highest BCUT2D eigenvalue weighted by molar-refractivity contribution is 7.92. The Morgan fingerprint density at radius 2 is 1.54 bits per heavy atom. The molecule has 196 valence electrons. The lowest BCUT2D eigenvalue weighted by Crippen LogP contribution is -2.52. The Bertz CT molecular complexity index is 1310. The van der Waals surface area contributed by atoms with Gasteiger partial charge >= 0.3 is 0 Å². The van der Waals surface area contributed by atoms with Gasteiger partial charge in [0.1, 0.15) is 18.4 Å². The van der Waals surface area contributed by atoms with Crippen molar-refractivity contribution in [3.63, 3.8) is 0 Å². The van der Waals surface area contributed by atoms with Gasteiger partial charge in [-0.2, -0.15) is 0 Å². The summed E-state index contributed by atoms with van der Waals surface area (Å²) in [4.78, 5) is 28.0. The first-order chi connectivity index (χ1) is 17.7. The quantitative estimate of drug-likeness (QED) is 0.405. The summed E-state index contributed by atoms with van der Waals surface area (Å²) in [6, 6.07) is 19.6. The van der Waals surface area contributed by atoms with Crippen molar-refractivity contribution >= 4 is 27.5 Å². The topological polar surface area (TPSA) is 86.8 Å². The average Bonchev–Trinajstić information content (AvgIpc) is 2.89. The number of carbonyl (C=O) groups is 2. The predicted octanol–water partition coefficient (Wildman–Crippen LogP) is 4.27. The van der Waals surface area contributed by atoms with Gasteiger partial charge in [-0.05, 0) is 50.1 Å². The zero-order valence-corrected chi connectivity index (χ0v) is 22.0. The van der Waals surface area contributed by atoms with Gasteiger partial charge in [-0.15, -0.1) is 0 Å². The van der Waals surface area contributed by atoms with Crippen LogP contribution >= 0.6 is 0 Å². The highest BCUT2D eigenvalue weighted by Gasteiger charge is 2.34. The predicted molar refractivity (Wildman–Crippen MR) is 142 cm³/mol. The maximum Gasteiger partial charge on any atom is 0.264 e. The Kier molecular flexibility index (Phi) is 9.41. The number of carbonyl (C=O) groups excluding carboxylic acids is 2. The van der Waals surface area contributed by atoms with Gasteiger partial charge in [0.25, 0.3) is 10.0 Å². The molecular weight excluding hydrogens is 493 g/mol. The summed E-state index contributed by atoms with van der Waals surface area (Å²) in [5.41, 5.74) is 1.57. The van der Waals surface area contributed by atoms with Crippen molar-refractivity contribution in [3.8, 4) is 0 Å². The van der Waals surface area contributed by atoms with Gasteiger partial charge in [0.15, 0.2) is 0 Å². The van der Waals surface area contributed by atoms with Crippen LogP contribution in [0, 0.1) is 12.7 Å². The molecule has 0 heterocycles. The molecule has 0 unspecified atom stereocenters. The molecule has 0 spiro atoms. The summed E-state index contributed by atoms with van der Waals surface area (Å²) in [5, 5.41) is 2.75. The molecule has 0 fully saturated rings. The van der Waals surface area contributed by atoms with Crippen molar-refractivity contribution in [2.75, 3.05) is 17.4 Å². The van der Waals surface area contributed by atoms with Crippen LogP contribution in [-0.4, -0.2) is 44.3 Å². The largest absolute Gasteiger partial charge is 0.355 e. The Morgan fingerprint density at radius 3 is 2.14 bits per heavy atom. The van der Waals surface area contributed by atoms with E-state index in [1.54, 1.807) is 32.0 Å². The summed E-state index contributed by atoms with van der Waals surface area (Å²) >= 11 is 0. The molecule has 0 bridgehead atoms. The van der Waals surface area contributed by atoms with E-state index in [1.807, 2.05) is 31.2 Å². The van der Waals surface area contributed by atoms with E-state index in [9.17, 15) is 22.4 Å². The molecule has 3 aromatic rings. The van der Waals surface area contributed by atoms with Crippen LogP contribution in [0.1, 0.15) is 31.4 Å². The Hall–Kier alpha value is -3.72. The van der Waals surface area contributed by atoms with Crippen LogP contribution in [0.4, 0.5) is 10.1 Å². The smallest absolute Gasteiger partial charge is 0.264 e. The molecule has 0 saturated carbocycles. The van der Waals surface area contributed by atoms with Crippen LogP contribution in [0.15, 0.2) is 83.8 Å². The van der Waals surface area contributed by atoms with Crippen molar-refractivity contribution in [1.29, 1.82) is 0 Å². The van der Waals surface area contributed by atoms with Crippen molar-refractivity contribution < 1.29 is 22.4 Å². The molecule has 1 atom stereocenters. The zero-order chi connectivity index (χ0) is 27.0. The number of nitrogens with one attached hydrogen (secondary N) is 1. The summed E-state index contributed by atoms with van der Waals surface area (Å²) < 4.78 is 42.9. The second kappa shape index (κ2) is 12.5. The number of rotatable bonds is 11. The van der Waals surface area contributed by atoms with E-state index in [-0.39, 0.29) is 23.0 Å². The van der Waals surface area contributed by atoms with Gasteiger partial charge in [0, 0.05) is 13.1 Å². The number of benzene rings is 3. The van der Waals surface area contributed by atoms with Crippen molar-refractivity contribution in [2.45, 2.75) is 44.7 Å². The summed E-state index contributed by atoms with van der Waals surface area (Å²) in [7, 11) is -4.30. The fourth-order valence-corrected chi connectivity index (χ4v) is 5.43. The Labute approximate surface area is 218 Å². The number of anilines is 1. The van der Waals surface area contributed by atoms with E-state index in [1.165, 1.54) is 35.2 Å². The lowest BCUT2D eigenvalue weighted by Gasteiger charge is -2.33. The molecule has 9 heteroatoms. The third kappa shape index (κ3) is 6.74. The van der Waals surface area contributed by atoms with Crippen molar-refractivity contribution in [1.82, 2.24) is 10.2 Å². The SMILES string of the molecule is CCNC(=O)[C@H](CC)N(Cc1ccc(C)cc1)C(=O)CN(c1ccccc1F)S(=O)(=O)c1ccccc1. The number of halogens is 1. The molecule has 37 heavy (non-hydrogen) atoms. The molecule has 2 amide bonds. The maximum atomic E-state index is 14.9. The van der Waals surface area contributed by atoms with Crippen LogP contribution in [0.5, 0.6) is 0 Å². The molecule has 3 rings (SSSR count). The minimum absolute atomic E-state index is 0.0769. The van der Waals surface area contributed by atoms with Crippen molar-refractivity contribution in [2.24, 2.45) is 0 Å². The Morgan fingerprint density at radius 1 is 0.919 bits per heavy atom. The monoisotopic (exact) mass is 525 g/mol. The first kappa shape index (κ1) is 27.9. The van der Waals surface area contributed by atoms with E-state index in [0.717, 1.165) is 21.5 Å². The molecule has 0 aliphatic carbocycles. The molecular formula is C28H32FN3O4S. The first-order valence-corrected chi connectivity index (χ1v) is 13.6. The number of sulfonamides is 1. The summed E-state index contributed by atoms with van der Waals surface area (Å²) in [6.45, 7) is 5.29. The number of hydrogen-bond donors (Lipinski definition) is 1. The fourth-order valence-electron chi connectivity index (χ4n) is 3.99. The third-order valence-electron chi connectivity index (χ3n) is 5.94. The summed E-state index contributed by atoms with van der Waals surface area (Å²) in [5.74, 6) is -1.74.